The van der Waals surface area contributed by atoms with Crippen LogP contribution in [0.4, 0.5) is 0 Å². The highest BCUT2D eigenvalue weighted by molar-refractivity contribution is 5.66. The van der Waals surface area contributed by atoms with Crippen molar-refractivity contribution in [1.29, 1.82) is 0 Å². The van der Waals surface area contributed by atoms with Crippen LogP contribution in [0.5, 0.6) is 5.75 Å². The largest absolute Gasteiger partial charge is 0.482 e. The average molecular weight is 500 g/mol. The van der Waals surface area contributed by atoms with Crippen molar-refractivity contribution < 1.29 is 34.0 Å². The molecule has 36 heavy (non-hydrogen) atoms. The van der Waals surface area contributed by atoms with Crippen molar-refractivity contribution in [3.05, 3.63) is 46.6 Å². The number of carbonyl (C=O) groups excluding carboxylic acids is 1. The van der Waals surface area contributed by atoms with Crippen LogP contribution in [0.2, 0.25) is 0 Å². The number of fused-ring (bicyclic) bond motifs is 4. The number of aliphatic hydroxyl groups is 3. The summed E-state index contributed by atoms with van der Waals surface area (Å²) in [5.74, 6) is -1.07. The molecule has 2 aliphatic carbocycles. The molecule has 3 aliphatic rings. The molecule has 5 rings (SSSR count). The Morgan fingerprint density at radius 3 is 2.67 bits per heavy atom. The molecule has 2 fully saturated rings. The number of pyridine rings is 1. The van der Waals surface area contributed by atoms with Gasteiger partial charge in [-0.25, -0.2) is 4.79 Å². The van der Waals surface area contributed by atoms with Gasteiger partial charge in [-0.3, -0.25) is 9.78 Å². The first kappa shape index (κ1) is 24.9. The third kappa shape index (κ3) is 3.43. The Kier molecular flexibility index (Phi) is 5.81. The Morgan fingerprint density at radius 1 is 1.28 bits per heavy atom. The lowest BCUT2D eigenvalue weighted by molar-refractivity contribution is -0.268. The van der Waals surface area contributed by atoms with E-state index < -0.39 is 52.3 Å². The van der Waals surface area contributed by atoms with E-state index in [4.69, 9.17) is 13.9 Å². The fourth-order valence-corrected chi connectivity index (χ4v) is 7.42. The van der Waals surface area contributed by atoms with E-state index in [2.05, 4.69) is 4.98 Å². The summed E-state index contributed by atoms with van der Waals surface area (Å²) in [4.78, 5) is 29.5. The summed E-state index contributed by atoms with van der Waals surface area (Å²) in [6.45, 7) is 6.68. The number of aliphatic hydroxyl groups excluding tert-OH is 3. The summed E-state index contributed by atoms with van der Waals surface area (Å²) in [5, 5.41) is 33.1. The quantitative estimate of drug-likeness (QED) is 0.544. The maximum absolute atomic E-state index is 13.2. The summed E-state index contributed by atoms with van der Waals surface area (Å²) < 4.78 is 17.9. The van der Waals surface area contributed by atoms with Crippen LogP contribution in [0.1, 0.15) is 58.6 Å². The van der Waals surface area contributed by atoms with E-state index in [1.165, 1.54) is 6.92 Å². The Morgan fingerprint density at radius 2 is 2.03 bits per heavy atom. The van der Waals surface area contributed by atoms with Crippen LogP contribution in [-0.2, 0) is 9.53 Å². The highest BCUT2D eigenvalue weighted by atomic mass is 16.6. The van der Waals surface area contributed by atoms with Gasteiger partial charge < -0.3 is 29.2 Å². The summed E-state index contributed by atoms with van der Waals surface area (Å²) in [6, 6.07) is 5.04. The molecule has 8 atom stereocenters. The standard InChI is InChI=1S/C27H33NO8/c1-14(30)34-20-11-18-25(2,8-7-19(31)26(18,3)13-29)23-22(32)21-17(36-27(20,23)4)10-16(35-24(21)33)15-6-5-9-28-12-15/h5-6,9-10,12,18-20,22-23,29,31-32H,7-8,11,13H2,1-4H3/t18?,19-,20-,22-,23?,25-,26-,27+/m0/s1. The second-order valence-electron chi connectivity index (χ2n) is 11.2. The van der Waals surface area contributed by atoms with Gasteiger partial charge in [-0.2, -0.15) is 0 Å². The lowest BCUT2D eigenvalue weighted by atomic mass is 9.42. The summed E-state index contributed by atoms with van der Waals surface area (Å²) in [7, 11) is 0. The third-order valence-electron chi connectivity index (χ3n) is 9.21. The Labute approximate surface area is 209 Å². The molecule has 2 aromatic heterocycles. The minimum absolute atomic E-state index is 0.0189. The predicted octanol–water partition coefficient (Wildman–Crippen LogP) is 2.61. The smallest absolute Gasteiger partial charge is 0.345 e. The fraction of sp³-hybridized carbons (Fsp3) is 0.593. The molecule has 2 saturated carbocycles. The number of ether oxygens (including phenoxy) is 2. The molecule has 3 N–H and O–H groups in total. The topological polar surface area (TPSA) is 139 Å². The molecule has 0 radical (unpaired) electrons. The van der Waals surface area contributed by atoms with Gasteiger partial charge in [-0.05, 0) is 49.7 Å². The Bertz CT molecular complexity index is 1230. The van der Waals surface area contributed by atoms with Gasteiger partial charge in [0.25, 0.3) is 0 Å². The monoisotopic (exact) mass is 499 g/mol. The van der Waals surface area contributed by atoms with Crippen LogP contribution < -0.4 is 10.4 Å². The number of nitrogens with zero attached hydrogens (tertiary/aromatic N) is 1. The number of aromatic nitrogens is 1. The van der Waals surface area contributed by atoms with Crippen LogP contribution in [0, 0.1) is 22.7 Å². The Balaban J connectivity index is 1.69. The van der Waals surface area contributed by atoms with Gasteiger partial charge in [-0.15, -0.1) is 0 Å². The van der Waals surface area contributed by atoms with Crippen molar-refractivity contribution in [3.63, 3.8) is 0 Å². The summed E-state index contributed by atoms with van der Waals surface area (Å²) in [6.07, 6.45) is 1.63. The molecule has 2 aromatic rings. The lowest BCUT2D eigenvalue weighted by Crippen LogP contribution is -2.71. The second kappa shape index (κ2) is 8.39. The zero-order valence-corrected chi connectivity index (χ0v) is 20.9. The number of rotatable bonds is 3. The van der Waals surface area contributed by atoms with E-state index in [9.17, 15) is 24.9 Å². The van der Waals surface area contributed by atoms with Crippen LogP contribution >= 0.6 is 0 Å². The summed E-state index contributed by atoms with van der Waals surface area (Å²) >= 11 is 0. The van der Waals surface area contributed by atoms with Crippen molar-refractivity contribution in [2.75, 3.05) is 6.61 Å². The SMILES string of the molecule is CC(=O)O[C@H]1CC2[C@](C)(CC[C@H](O)[C@@]2(C)CO)C2[C@@H](O)c3c(cc(-c4cccnc4)oc3=O)O[C@@]21C. The third-order valence-corrected chi connectivity index (χ3v) is 9.21. The van der Waals surface area contributed by atoms with Crippen LogP contribution in [0.15, 0.2) is 39.8 Å². The Hall–Kier alpha value is -2.75. The summed E-state index contributed by atoms with van der Waals surface area (Å²) in [5.41, 5.74) is -2.83. The minimum Gasteiger partial charge on any atom is -0.482 e. The van der Waals surface area contributed by atoms with E-state index >= 15 is 0 Å². The van der Waals surface area contributed by atoms with Crippen LogP contribution in [0.3, 0.4) is 0 Å². The normalized spacial score (nSPS) is 39.2. The zero-order valence-electron chi connectivity index (χ0n) is 20.9. The highest BCUT2D eigenvalue weighted by Gasteiger charge is 2.70. The molecule has 9 heteroatoms. The number of hydrogen-bond donors (Lipinski definition) is 3. The number of carbonyl (C=O) groups is 1. The molecule has 0 amide bonds. The molecular weight excluding hydrogens is 466 g/mol. The van der Waals surface area contributed by atoms with Crippen LogP contribution in [0.25, 0.3) is 11.3 Å². The lowest BCUT2D eigenvalue weighted by Gasteiger charge is -2.66. The molecule has 0 saturated heterocycles. The van der Waals surface area contributed by atoms with E-state index in [1.807, 2.05) is 13.8 Å². The van der Waals surface area contributed by atoms with Crippen molar-refractivity contribution in [3.8, 4) is 17.1 Å². The maximum atomic E-state index is 13.2. The first-order valence-electron chi connectivity index (χ1n) is 12.4. The molecule has 2 unspecified atom stereocenters. The zero-order chi connectivity index (χ0) is 26.0. The van der Waals surface area contributed by atoms with Gasteiger partial charge in [0.05, 0.1) is 18.8 Å². The van der Waals surface area contributed by atoms with Gasteiger partial charge in [0.1, 0.15) is 28.8 Å². The molecule has 0 spiro atoms. The molecule has 1 aliphatic heterocycles. The number of hydrogen-bond acceptors (Lipinski definition) is 9. The fourth-order valence-electron chi connectivity index (χ4n) is 7.42. The molecule has 0 bridgehead atoms. The highest BCUT2D eigenvalue weighted by Crippen LogP contribution is 2.67. The van der Waals surface area contributed by atoms with Gasteiger partial charge in [-0.1, -0.05) is 13.8 Å². The molecular formula is C27H33NO8. The van der Waals surface area contributed by atoms with E-state index in [1.54, 1.807) is 37.5 Å². The number of esters is 1. The van der Waals surface area contributed by atoms with E-state index in [0.29, 0.717) is 24.8 Å². The van der Waals surface area contributed by atoms with Gasteiger partial charge in [0.15, 0.2) is 0 Å². The van der Waals surface area contributed by atoms with Gasteiger partial charge in [0, 0.05) is 42.3 Å². The molecule has 9 nitrogen and oxygen atoms in total. The van der Waals surface area contributed by atoms with Gasteiger partial charge >= 0.3 is 11.6 Å². The average Bonchev–Trinajstić information content (AvgIpc) is 2.82. The second-order valence-corrected chi connectivity index (χ2v) is 11.2. The minimum atomic E-state index is -1.28. The first-order chi connectivity index (χ1) is 17.0. The van der Waals surface area contributed by atoms with Gasteiger partial charge in [0.2, 0.25) is 0 Å². The molecule has 194 valence electrons. The van der Waals surface area contributed by atoms with Crippen molar-refractivity contribution in [1.82, 2.24) is 4.98 Å². The van der Waals surface area contributed by atoms with Crippen molar-refractivity contribution in [2.24, 2.45) is 22.7 Å². The maximum Gasteiger partial charge on any atom is 0.345 e. The van der Waals surface area contributed by atoms with E-state index in [0.717, 1.165) is 0 Å². The molecule has 3 heterocycles. The predicted molar refractivity (Wildman–Crippen MR) is 128 cm³/mol. The molecule has 0 aromatic carbocycles. The first-order valence-corrected chi connectivity index (χ1v) is 12.4. The van der Waals surface area contributed by atoms with Crippen molar-refractivity contribution in [2.45, 2.75) is 70.9 Å². The van der Waals surface area contributed by atoms with Crippen LogP contribution in [-0.4, -0.2) is 50.7 Å². The van der Waals surface area contributed by atoms with Crippen molar-refractivity contribution >= 4 is 5.97 Å². The van der Waals surface area contributed by atoms with E-state index in [-0.39, 0.29) is 29.6 Å².